The maximum Gasteiger partial charge on any atom is 0.417 e. The van der Waals surface area contributed by atoms with Gasteiger partial charge in [-0.15, -0.1) is 0 Å². The highest BCUT2D eigenvalue weighted by Gasteiger charge is 2.50. The lowest BCUT2D eigenvalue weighted by Crippen LogP contribution is -2.35. The first kappa shape index (κ1) is 20.9. The smallest absolute Gasteiger partial charge is 0.385 e. The summed E-state index contributed by atoms with van der Waals surface area (Å²) in [6, 6.07) is 8.49. The molecule has 0 spiro atoms. The average molecular weight is 443 g/mol. The van der Waals surface area contributed by atoms with Gasteiger partial charge in [0.1, 0.15) is 5.82 Å². The summed E-state index contributed by atoms with van der Waals surface area (Å²) in [5.74, 6) is -0.261. The standard InChI is InChI=1S/C21H19ClF4N2O2/c22-18-6-5-16(7-17(18)21(24,25)26)27-19(29)28-10-12-8-20(30,9-13(12)11-28)14-1-3-15(23)4-2-14/h1-7,12-13,30H,8-11H2,(H,27,29)/t12-,13+,20-. The highest BCUT2D eigenvalue weighted by Crippen LogP contribution is 2.49. The quantitative estimate of drug-likeness (QED) is 0.623. The van der Waals surface area contributed by atoms with E-state index >= 15 is 0 Å². The maximum absolute atomic E-state index is 13.2. The zero-order valence-corrected chi connectivity index (χ0v) is 16.5. The maximum atomic E-state index is 13.2. The van der Waals surface area contributed by atoms with Crippen molar-refractivity contribution in [2.75, 3.05) is 18.4 Å². The second kappa shape index (κ2) is 7.42. The van der Waals surface area contributed by atoms with Crippen molar-refractivity contribution in [3.05, 3.63) is 64.4 Å². The number of carbonyl (C=O) groups excluding carboxylic acids is 1. The minimum atomic E-state index is -4.62. The van der Waals surface area contributed by atoms with Crippen LogP contribution in [-0.4, -0.2) is 29.1 Å². The number of alkyl halides is 3. The van der Waals surface area contributed by atoms with Gasteiger partial charge in [0, 0.05) is 18.8 Å². The minimum absolute atomic E-state index is 0.0107. The van der Waals surface area contributed by atoms with E-state index < -0.39 is 28.4 Å². The Morgan fingerprint density at radius 2 is 1.70 bits per heavy atom. The number of nitrogens with one attached hydrogen (secondary N) is 1. The number of likely N-dealkylation sites (tertiary alicyclic amines) is 1. The van der Waals surface area contributed by atoms with Crippen LogP contribution in [0, 0.1) is 17.7 Å². The molecule has 0 unspecified atom stereocenters. The Bertz CT molecular complexity index is 950. The van der Waals surface area contributed by atoms with E-state index in [1.165, 1.54) is 18.2 Å². The molecule has 2 aliphatic rings. The summed E-state index contributed by atoms with van der Waals surface area (Å²) >= 11 is 5.61. The van der Waals surface area contributed by atoms with E-state index in [2.05, 4.69) is 5.32 Å². The molecule has 1 heterocycles. The Hall–Kier alpha value is -2.32. The lowest BCUT2D eigenvalue weighted by atomic mass is 9.90. The van der Waals surface area contributed by atoms with Gasteiger partial charge in [-0.3, -0.25) is 0 Å². The molecule has 1 saturated heterocycles. The van der Waals surface area contributed by atoms with E-state index in [1.807, 2.05) is 0 Å². The molecule has 1 saturated carbocycles. The number of urea groups is 1. The largest absolute Gasteiger partial charge is 0.417 e. The second-order valence-corrected chi connectivity index (χ2v) is 8.40. The van der Waals surface area contributed by atoms with Crippen LogP contribution in [0.15, 0.2) is 42.5 Å². The number of nitrogens with zero attached hydrogens (tertiary/aromatic N) is 1. The average Bonchev–Trinajstić information content (AvgIpc) is 3.18. The monoisotopic (exact) mass is 442 g/mol. The van der Waals surface area contributed by atoms with Crippen LogP contribution in [-0.2, 0) is 11.8 Å². The topological polar surface area (TPSA) is 52.6 Å². The molecule has 2 amide bonds. The summed E-state index contributed by atoms with van der Waals surface area (Å²) in [5, 5.41) is 13.1. The molecule has 0 radical (unpaired) electrons. The predicted octanol–water partition coefficient (Wildman–Crippen LogP) is 5.26. The zero-order chi connectivity index (χ0) is 21.7. The van der Waals surface area contributed by atoms with Gasteiger partial charge < -0.3 is 15.3 Å². The third-order valence-electron chi connectivity index (χ3n) is 5.97. The SMILES string of the molecule is O=C(Nc1ccc(Cl)c(C(F)(F)F)c1)N1C[C@@H]2C[C@@](O)(c3ccc(F)cc3)C[C@@H]2C1. The van der Waals surface area contributed by atoms with Crippen molar-refractivity contribution in [2.24, 2.45) is 11.8 Å². The third kappa shape index (κ3) is 3.98. The first-order valence-electron chi connectivity index (χ1n) is 9.46. The van der Waals surface area contributed by atoms with E-state index in [0.717, 1.165) is 12.1 Å². The fourth-order valence-corrected chi connectivity index (χ4v) is 4.76. The number of benzene rings is 2. The highest BCUT2D eigenvalue weighted by molar-refractivity contribution is 6.31. The summed E-state index contributed by atoms with van der Waals surface area (Å²) in [6.07, 6.45) is -3.74. The van der Waals surface area contributed by atoms with Gasteiger partial charge >= 0.3 is 12.2 Å². The van der Waals surface area contributed by atoms with Crippen LogP contribution in [0.25, 0.3) is 0 Å². The zero-order valence-electron chi connectivity index (χ0n) is 15.7. The fraction of sp³-hybridized carbons (Fsp3) is 0.381. The molecule has 2 fully saturated rings. The van der Waals surface area contributed by atoms with Crippen molar-refractivity contribution < 1.29 is 27.5 Å². The van der Waals surface area contributed by atoms with Gasteiger partial charge in [0.05, 0.1) is 16.2 Å². The molecule has 0 bridgehead atoms. The Morgan fingerprint density at radius 1 is 1.10 bits per heavy atom. The van der Waals surface area contributed by atoms with E-state index in [-0.39, 0.29) is 23.3 Å². The molecule has 4 nitrogen and oxygen atoms in total. The third-order valence-corrected chi connectivity index (χ3v) is 6.30. The molecule has 1 aliphatic heterocycles. The molecule has 1 aliphatic carbocycles. The number of fused-ring (bicyclic) bond motifs is 1. The molecule has 4 rings (SSSR count). The molecular formula is C21H19ClF4N2O2. The van der Waals surface area contributed by atoms with Gasteiger partial charge in [-0.05, 0) is 60.6 Å². The van der Waals surface area contributed by atoms with Gasteiger partial charge in [-0.2, -0.15) is 13.2 Å². The minimum Gasteiger partial charge on any atom is -0.385 e. The number of aliphatic hydroxyl groups is 1. The number of hydrogen-bond acceptors (Lipinski definition) is 2. The molecular weight excluding hydrogens is 424 g/mol. The van der Waals surface area contributed by atoms with E-state index in [0.29, 0.717) is 31.5 Å². The molecule has 2 N–H and O–H groups in total. The number of carbonyl (C=O) groups is 1. The molecule has 3 atom stereocenters. The highest BCUT2D eigenvalue weighted by atomic mass is 35.5. The van der Waals surface area contributed by atoms with Gasteiger partial charge in [-0.1, -0.05) is 23.7 Å². The Kier molecular flexibility index (Phi) is 5.18. The van der Waals surface area contributed by atoms with Gasteiger partial charge in [0.15, 0.2) is 0 Å². The molecule has 2 aromatic rings. The van der Waals surface area contributed by atoms with Crippen molar-refractivity contribution in [1.82, 2.24) is 4.90 Å². The number of hydrogen-bond donors (Lipinski definition) is 2. The normalized spacial score (nSPS) is 26.0. The summed E-state index contributed by atoms with van der Waals surface area (Å²) in [5.41, 5.74) is -1.42. The van der Waals surface area contributed by atoms with Crippen LogP contribution < -0.4 is 5.32 Å². The molecule has 30 heavy (non-hydrogen) atoms. The van der Waals surface area contributed by atoms with Crippen molar-refractivity contribution in [3.8, 4) is 0 Å². The predicted molar refractivity (Wildman–Crippen MR) is 104 cm³/mol. The first-order chi connectivity index (χ1) is 14.0. The van der Waals surface area contributed by atoms with Gasteiger partial charge in [0.2, 0.25) is 0 Å². The van der Waals surface area contributed by atoms with Crippen LogP contribution in [0.3, 0.4) is 0 Å². The van der Waals surface area contributed by atoms with E-state index in [4.69, 9.17) is 11.6 Å². The second-order valence-electron chi connectivity index (χ2n) is 7.99. The van der Waals surface area contributed by atoms with Crippen molar-refractivity contribution in [1.29, 1.82) is 0 Å². The Balaban J connectivity index is 1.41. The lowest BCUT2D eigenvalue weighted by Gasteiger charge is -2.26. The summed E-state index contributed by atoms with van der Waals surface area (Å²) in [4.78, 5) is 14.1. The fourth-order valence-electron chi connectivity index (χ4n) is 4.54. The molecule has 0 aromatic heterocycles. The van der Waals surface area contributed by atoms with E-state index in [9.17, 15) is 27.5 Å². The van der Waals surface area contributed by atoms with Gasteiger partial charge in [-0.25, -0.2) is 9.18 Å². The number of amides is 2. The summed E-state index contributed by atoms with van der Waals surface area (Å²) in [6.45, 7) is 0.777. The summed E-state index contributed by atoms with van der Waals surface area (Å²) in [7, 11) is 0. The number of anilines is 1. The Morgan fingerprint density at radius 3 is 2.27 bits per heavy atom. The molecule has 160 valence electrons. The van der Waals surface area contributed by atoms with Crippen LogP contribution in [0.1, 0.15) is 24.0 Å². The molecule has 9 heteroatoms. The van der Waals surface area contributed by atoms with Crippen LogP contribution in [0.2, 0.25) is 5.02 Å². The summed E-state index contributed by atoms with van der Waals surface area (Å²) < 4.78 is 52.2. The van der Waals surface area contributed by atoms with Crippen LogP contribution in [0.5, 0.6) is 0 Å². The van der Waals surface area contributed by atoms with E-state index in [1.54, 1.807) is 17.0 Å². The Labute approximate surface area is 175 Å². The lowest BCUT2D eigenvalue weighted by molar-refractivity contribution is -0.137. The van der Waals surface area contributed by atoms with Crippen LogP contribution >= 0.6 is 11.6 Å². The first-order valence-corrected chi connectivity index (χ1v) is 9.84. The number of halogens is 5. The van der Waals surface area contributed by atoms with Crippen LogP contribution in [0.4, 0.5) is 28.0 Å². The van der Waals surface area contributed by atoms with Crippen molar-refractivity contribution in [2.45, 2.75) is 24.6 Å². The molecule has 2 aromatic carbocycles. The van der Waals surface area contributed by atoms with Crippen molar-refractivity contribution >= 4 is 23.3 Å². The van der Waals surface area contributed by atoms with Crippen molar-refractivity contribution in [3.63, 3.8) is 0 Å². The number of rotatable bonds is 2. The van der Waals surface area contributed by atoms with Gasteiger partial charge in [0.25, 0.3) is 0 Å².